The summed E-state index contributed by atoms with van der Waals surface area (Å²) in [7, 11) is 0. The lowest BCUT2D eigenvalue weighted by Gasteiger charge is -2.24. The molecular formula is C22H18FNO. The van der Waals surface area contributed by atoms with E-state index in [0.29, 0.717) is 0 Å². The van der Waals surface area contributed by atoms with Gasteiger partial charge in [-0.25, -0.2) is 4.39 Å². The Balaban J connectivity index is 1.41. The fraction of sp³-hybridized carbons (Fsp3) is 0.182. The third kappa shape index (κ3) is 3.65. The summed E-state index contributed by atoms with van der Waals surface area (Å²) in [4.78, 5) is 2.39. The largest absolute Gasteiger partial charge is 0.464 e. The van der Waals surface area contributed by atoms with E-state index in [1.165, 1.54) is 23.1 Å². The van der Waals surface area contributed by atoms with Crippen molar-refractivity contribution in [3.05, 3.63) is 83.4 Å². The van der Waals surface area contributed by atoms with Crippen LogP contribution in [0.3, 0.4) is 0 Å². The highest BCUT2D eigenvalue weighted by Crippen LogP contribution is 2.23. The van der Waals surface area contributed by atoms with Crippen molar-refractivity contribution in [3.8, 4) is 11.8 Å². The van der Waals surface area contributed by atoms with Crippen LogP contribution in [0.15, 0.2) is 70.9 Å². The molecule has 1 aliphatic heterocycles. The fourth-order valence-electron chi connectivity index (χ4n) is 3.05. The number of hydrogen-bond donors (Lipinski definition) is 0. The van der Waals surface area contributed by atoms with Gasteiger partial charge in [0.2, 0.25) is 0 Å². The molecule has 2 aromatic carbocycles. The van der Waals surface area contributed by atoms with Gasteiger partial charge in [0.15, 0.2) is 0 Å². The first-order valence-electron chi connectivity index (χ1n) is 8.42. The molecular weight excluding hydrogens is 313 g/mol. The molecule has 0 unspecified atom stereocenters. The van der Waals surface area contributed by atoms with E-state index in [-0.39, 0.29) is 5.82 Å². The molecule has 0 amide bonds. The summed E-state index contributed by atoms with van der Waals surface area (Å²) in [5.41, 5.74) is 4.16. The molecule has 2 nitrogen and oxygen atoms in total. The summed E-state index contributed by atoms with van der Waals surface area (Å²) in [6, 6.07) is 14.4. The maximum atomic E-state index is 12.9. The minimum atomic E-state index is -0.232. The Morgan fingerprint density at radius 2 is 1.88 bits per heavy atom. The Labute approximate surface area is 146 Å². The van der Waals surface area contributed by atoms with Crippen LogP contribution in [-0.4, -0.2) is 18.0 Å². The van der Waals surface area contributed by atoms with Crippen molar-refractivity contribution >= 4 is 11.0 Å². The van der Waals surface area contributed by atoms with Crippen molar-refractivity contribution < 1.29 is 8.81 Å². The monoisotopic (exact) mass is 331 g/mol. The SMILES string of the molecule is Fc1ccc(C#CC2=CCN(Cc3coc4ccccc34)CC2)cc1. The first-order valence-corrected chi connectivity index (χ1v) is 8.42. The number of rotatable bonds is 2. The maximum absolute atomic E-state index is 12.9. The molecule has 0 radical (unpaired) electrons. The molecule has 2 heterocycles. The molecule has 1 aromatic heterocycles. The van der Waals surface area contributed by atoms with Crippen LogP contribution in [0, 0.1) is 17.7 Å². The number of halogens is 1. The highest BCUT2D eigenvalue weighted by Gasteiger charge is 2.13. The zero-order chi connectivity index (χ0) is 17.1. The van der Waals surface area contributed by atoms with Crippen molar-refractivity contribution in [1.82, 2.24) is 4.90 Å². The molecule has 3 aromatic rings. The minimum absolute atomic E-state index is 0.232. The van der Waals surface area contributed by atoms with Crippen LogP contribution in [0.4, 0.5) is 4.39 Å². The van der Waals surface area contributed by atoms with E-state index in [9.17, 15) is 4.39 Å². The molecule has 0 N–H and O–H groups in total. The van der Waals surface area contributed by atoms with Crippen LogP contribution in [0.25, 0.3) is 11.0 Å². The van der Waals surface area contributed by atoms with Gasteiger partial charge in [-0.2, -0.15) is 0 Å². The molecule has 3 heteroatoms. The van der Waals surface area contributed by atoms with Crippen molar-refractivity contribution in [1.29, 1.82) is 0 Å². The van der Waals surface area contributed by atoms with E-state index < -0.39 is 0 Å². The molecule has 25 heavy (non-hydrogen) atoms. The van der Waals surface area contributed by atoms with Crippen molar-refractivity contribution in [3.63, 3.8) is 0 Å². The molecule has 4 rings (SSSR count). The van der Waals surface area contributed by atoms with Gasteiger partial charge in [-0.05, 0) is 36.8 Å². The zero-order valence-electron chi connectivity index (χ0n) is 13.8. The summed E-state index contributed by atoms with van der Waals surface area (Å²) < 4.78 is 18.5. The molecule has 0 fully saturated rings. The standard InChI is InChI=1S/C22H18FNO/c23-20-9-7-17(8-10-20)5-6-18-11-13-24(14-12-18)15-19-16-25-22-4-2-1-3-21(19)22/h1-4,7-11,16H,12-15H2. The van der Waals surface area contributed by atoms with E-state index >= 15 is 0 Å². The van der Waals surface area contributed by atoms with Crippen molar-refractivity contribution in [2.45, 2.75) is 13.0 Å². The van der Waals surface area contributed by atoms with Crippen LogP contribution in [-0.2, 0) is 6.54 Å². The number of fused-ring (bicyclic) bond motifs is 1. The second-order valence-corrected chi connectivity index (χ2v) is 6.23. The van der Waals surface area contributed by atoms with E-state index in [0.717, 1.165) is 42.8 Å². The summed E-state index contributed by atoms with van der Waals surface area (Å²) in [6.07, 6.45) is 4.98. The summed E-state index contributed by atoms with van der Waals surface area (Å²) >= 11 is 0. The van der Waals surface area contributed by atoms with Crippen LogP contribution in [0.1, 0.15) is 17.5 Å². The topological polar surface area (TPSA) is 16.4 Å². The minimum Gasteiger partial charge on any atom is -0.464 e. The molecule has 0 atom stereocenters. The number of nitrogens with zero attached hydrogens (tertiary/aromatic N) is 1. The Morgan fingerprint density at radius 1 is 1.04 bits per heavy atom. The van der Waals surface area contributed by atoms with Gasteiger partial charge in [0.25, 0.3) is 0 Å². The summed E-state index contributed by atoms with van der Waals surface area (Å²) in [6.45, 7) is 2.74. The summed E-state index contributed by atoms with van der Waals surface area (Å²) in [5.74, 6) is 6.09. The van der Waals surface area contributed by atoms with Crippen molar-refractivity contribution in [2.24, 2.45) is 0 Å². The second-order valence-electron chi connectivity index (χ2n) is 6.23. The predicted octanol–water partition coefficient (Wildman–Crippen LogP) is 4.76. The van der Waals surface area contributed by atoms with Gasteiger partial charge in [-0.1, -0.05) is 36.1 Å². The molecule has 0 saturated heterocycles. The Morgan fingerprint density at radius 3 is 2.68 bits per heavy atom. The quantitative estimate of drug-likeness (QED) is 0.630. The van der Waals surface area contributed by atoms with Gasteiger partial charge in [-0.15, -0.1) is 0 Å². The molecule has 0 bridgehead atoms. The molecule has 1 aliphatic rings. The van der Waals surface area contributed by atoms with Crippen LogP contribution in [0.5, 0.6) is 0 Å². The van der Waals surface area contributed by atoms with Crippen molar-refractivity contribution in [2.75, 3.05) is 13.1 Å². The van der Waals surface area contributed by atoms with Gasteiger partial charge in [-0.3, -0.25) is 4.90 Å². The fourth-order valence-corrected chi connectivity index (χ4v) is 3.05. The van der Waals surface area contributed by atoms with Gasteiger partial charge in [0.1, 0.15) is 11.4 Å². The van der Waals surface area contributed by atoms with Crippen LogP contribution >= 0.6 is 0 Å². The molecule has 124 valence electrons. The number of furan rings is 1. The first kappa shape index (κ1) is 15.7. The average Bonchev–Trinajstić information content (AvgIpc) is 3.06. The Bertz CT molecular complexity index is 972. The van der Waals surface area contributed by atoms with Crippen LogP contribution < -0.4 is 0 Å². The average molecular weight is 331 g/mol. The Kier molecular flexibility index (Phi) is 4.37. The number of benzene rings is 2. The van der Waals surface area contributed by atoms with Gasteiger partial charge in [0.05, 0.1) is 6.26 Å². The highest BCUT2D eigenvalue weighted by atomic mass is 19.1. The van der Waals surface area contributed by atoms with Gasteiger partial charge in [0, 0.05) is 41.7 Å². The molecule has 0 aliphatic carbocycles. The summed E-state index contributed by atoms with van der Waals surface area (Å²) in [5, 5.41) is 1.19. The highest BCUT2D eigenvalue weighted by molar-refractivity contribution is 5.80. The van der Waals surface area contributed by atoms with Gasteiger partial charge >= 0.3 is 0 Å². The first-order chi connectivity index (χ1) is 12.3. The normalized spacial score (nSPS) is 14.8. The second kappa shape index (κ2) is 6.96. The lowest BCUT2D eigenvalue weighted by molar-refractivity contribution is 0.288. The molecule has 0 spiro atoms. The number of hydrogen-bond acceptors (Lipinski definition) is 2. The van der Waals surface area contributed by atoms with Crippen LogP contribution in [0.2, 0.25) is 0 Å². The lowest BCUT2D eigenvalue weighted by Crippen LogP contribution is -2.28. The lowest BCUT2D eigenvalue weighted by atomic mass is 10.1. The smallest absolute Gasteiger partial charge is 0.134 e. The third-order valence-corrected chi connectivity index (χ3v) is 4.46. The molecule has 0 saturated carbocycles. The predicted molar refractivity (Wildman–Crippen MR) is 97.5 cm³/mol. The van der Waals surface area contributed by atoms with E-state index in [1.54, 1.807) is 12.1 Å². The third-order valence-electron chi connectivity index (χ3n) is 4.46. The van der Waals surface area contributed by atoms with E-state index in [2.05, 4.69) is 28.9 Å². The van der Waals surface area contributed by atoms with Gasteiger partial charge < -0.3 is 4.42 Å². The Hall–Kier alpha value is -2.83. The number of para-hydroxylation sites is 1. The zero-order valence-corrected chi connectivity index (χ0v) is 13.8. The van der Waals surface area contributed by atoms with E-state index in [4.69, 9.17) is 4.42 Å². The van der Waals surface area contributed by atoms with E-state index in [1.807, 2.05) is 24.5 Å². The maximum Gasteiger partial charge on any atom is 0.134 e.